The van der Waals surface area contributed by atoms with E-state index < -0.39 is 5.54 Å². The van der Waals surface area contributed by atoms with Crippen molar-refractivity contribution < 1.29 is 9.59 Å². The zero-order valence-corrected chi connectivity index (χ0v) is 15.0. The molecule has 3 aromatic carbocycles. The summed E-state index contributed by atoms with van der Waals surface area (Å²) in [5, 5.41) is 5.53. The summed E-state index contributed by atoms with van der Waals surface area (Å²) >= 11 is 5.94. The molecule has 130 valence electrons. The fourth-order valence-electron chi connectivity index (χ4n) is 3.42. The average Bonchev–Trinajstić information content (AvgIpc) is 2.86. The first-order chi connectivity index (χ1) is 12.5. The number of imide groups is 1. The Labute approximate surface area is 156 Å². The molecule has 0 unspecified atom stereocenters. The first-order valence-corrected chi connectivity index (χ1v) is 8.73. The van der Waals surface area contributed by atoms with Crippen LogP contribution in [-0.4, -0.2) is 16.8 Å². The van der Waals surface area contributed by atoms with Crippen LogP contribution >= 0.6 is 11.6 Å². The van der Waals surface area contributed by atoms with Gasteiger partial charge in [-0.1, -0.05) is 66.2 Å². The smallest absolute Gasteiger partial charge is 0.319 e. The molecule has 1 heterocycles. The first kappa shape index (κ1) is 16.6. The Morgan fingerprint density at radius 2 is 1.65 bits per heavy atom. The summed E-state index contributed by atoms with van der Waals surface area (Å²) in [6.45, 7) is 1.95. The molecular formula is C21H17ClN2O2. The maximum Gasteiger partial charge on any atom is 0.325 e. The third-order valence-electron chi connectivity index (χ3n) is 4.90. The van der Waals surface area contributed by atoms with Crippen LogP contribution in [0.5, 0.6) is 0 Å². The van der Waals surface area contributed by atoms with Crippen molar-refractivity contribution in [3.05, 3.63) is 82.9 Å². The molecule has 3 amide bonds. The number of urea groups is 1. The van der Waals surface area contributed by atoms with E-state index in [9.17, 15) is 9.59 Å². The highest BCUT2D eigenvalue weighted by molar-refractivity contribution is 6.30. The van der Waals surface area contributed by atoms with E-state index in [0.717, 1.165) is 16.3 Å². The van der Waals surface area contributed by atoms with Crippen LogP contribution in [0.1, 0.15) is 18.1 Å². The van der Waals surface area contributed by atoms with Crippen molar-refractivity contribution in [2.75, 3.05) is 0 Å². The van der Waals surface area contributed by atoms with E-state index in [4.69, 9.17) is 11.6 Å². The maximum absolute atomic E-state index is 13.1. The molecule has 4 rings (SSSR count). The Morgan fingerprint density at radius 1 is 0.962 bits per heavy atom. The normalized spacial score (nSPS) is 19.8. The summed E-state index contributed by atoms with van der Waals surface area (Å²) in [6, 6.07) is 20.4. The van der Waals surface area contributed by atoms with E-state index in [1.807, 2.05) is 42.5 Å². The molecule has 0 spiro atoms. The van der Waals surface area contributed by atoms with Gasteiger partial charge in [0.05, 0.1) is 6.54 Å². The molecule has 1 fully saturated rings. The second-order valence-electron chi connectivity index (χ2n) is 6.59. The van der Waals surface area contributed by atoms with Gasteiger partial charge in [0.2, 0.25) is 0 Å². The van der Waals surface area contributed by atoms with Gasteiger partial charge in [-0.25, -0.2) is 4.79 Å². The van der Waals surface area contributed by atoms with E-state index in [2.05, 4.69) is 5.32 Å². The number of nitrogens with one attached hydrogen (secondary N) is 1. The number of nitrogens with zero attached hydrogens (tertiary/aromatic N) is 1. The number of hydrogen-bond donors (Lipinski definition) is 1. The van der Waals surface area contributed by atoms with E-state index in [0.29, 0.717) is 10.6 Å². The quantitative estimate of drug-likeness (QED) is 0.697. The predicted octanol–water partition coefficient (Wildman–Crippen LogP) is 4.46. The van der Waals surface area contributed by atoms with Gasteiger partial charge in [-0.3, -0.25) is 9.69 Å². The number of halogens is 1. The van der Waals surface area contributed by atoms with Crippen LogP contribution in [0.2, 0.25) is 5.02 Å². The fraction of sp³-hybridized carbons (Fsp3) is 0.143. The van der Waals surface area contributed by atoms with Gasteiger partial charge in [-0.15, -0.1) is 0 Å². The number of hydrogen-bond acceptors (Lipinski definition) is 2. The van der Waals surface area contributed by atoms with Gasteiger partial charge >= 0.3 is 6.03 Å². The van der Waals surface area contributed by atoms with E-state index in [1.54, 1.807) is 31.2 Å². The lowest BCUT2D eigenvalue weighted by molar-refractivity contribution is -0.131. The van der Waals surface area contributed by atoms with Gasteiger partial charge in [-0.2, -0.15) is 0 Å². The van der Waals surface area contributed by atoms with Crippen molar-refractivity contribution in [1.29, 1.82) is 0 Å². The minimum atomic E-state index is -1.09. The molecule has 1 atom stereocenters. The lowest BCUT2D eigenvalue weighted by atomic mass is 9.92. The molecule has 0 aromatic heterocycles. The number of carbonyl (C=O) groups is 2. The average molecular weight is 365 g/mol. The second kappa shape index (κ2) is 6.15. The molecule has 1 aliphatic heterocycles. The van der Waals surface area contributed by atoms with Crippen LogP contribution < -0.4 is 5.32 Å². The van der Waals surface area contributed by atoms with Crippen LogP contribution in [-0.2, 0) is 16.9 Å². The predicted molar refractivity (Wildman–Crippen MR) is 102 cm³/mol. The molecule has 1 aliphatic rings. The van der Waals surface area contributed by atoms with Gasteiger partial charge in [0, 0.05) is 5.02 Å². The van der Waals surface area contributed by atoms with Gasteiger partial charge in [0.15, 0.2) is 0 Å². The standard InChI is InChI=1S/C21H17ClN2O2/c1-21(16-9-11-17(22)12-10-16)19(25)24(20(26)23-21)13-15-7-4-6-14-5-2-3-8-18(14)15/h2-12H,13H2,1H3,(H,23,26)/t21-/m1/s1. The van der Waals surface area contributed by atoms with Crippen molar-refractivity contribution in [3.63, 3.8) is 0 Å². The van der Waals surface area contributed by atoms with E-state index >= 15 is 0 Å². The van der Waals surface area contributed by atoms with Gasteiger partial charge < -0.3 is 5.32 Å². The van der Waals surface area contributed by atoms with Gasteiger partial charge in [0.1, 0.15) is 5.54 Å². The van der Waals surface area contributed by atoms with Crippen LogP contribution in [0.4, 0.5) is 4.79 Å². The number of carbonyl (C=O) groups excluding carboxylic acids is 2. The van der Waals surface area contributed by atoms with Crippen LogP contribution in [0.15, 0.2) is 66.7 Å². The Balaban J connectivity index is 1.68. The zero-order chi connectivity index (χ0) is 18.3. The summed E-state index contributed by atoms with van der Waals surface area (Å²) in [5.41, 5.74) is 0.555. The summed E-state index contributed by atoms with van der Waals surface area (Å²) < 4.78 is 0. The highest BCUT2D eigenvalue weighted by Crippen LogP contribution is 2.31. The van der Waals surface area contributed by atoms with E-state index in [1.165, 1.54) is 4.90 Å². The van der Waals surface area contributed by atoms with Crippen molar-refractivity contribution in [1.82, 2.24) is 10.2 Å². The van der Waals surface area contributed by atoms with Crippen LogP contribution in [0.25, 0.3) is 10.8 Å². The Kier molecular flexibility index (Phi) is 3.93. The lowest BCUT2D eigenvalue weighted by Crippen LogP contribution is -2.40. The SMILES string of the molecule is C[C@]1(c2ccc(Cl)cc2)NC(=O)N(Cc2cccc3ccccc23)C1=O. The second-order valence-corrected chi connectivity index (χ2v) is 7.03. The molecule has 1 N–H and O–H groups in total. The van der Waals surface area contributed by atoms with Crippen molar-refractivity contribution in [3.8, 4) is 0 Å². The van der Waals surface area contributed by atoms with Crippen LogP contribution in [0.3, 0.4) is 0 Å². The molecule has 0 aliphatic carbocycles. The number of benzene rings is 3. The third-order valence-corrected chi connectivity index (χ3v) is 5.16. The molecular weight excluding hydrogens is 348 g/mol. The largest absolute Gasteiger partial charge is 0.325 e. The minimum absolute atomic E-state index is 0.231. The Morgan fingerprint density at radius 3 is 2.42 bits per heavy atom. The summed E-state index contributed by atoms with van der Waals surface area (Å²) in [4.78, 5) is 26.9. The summed E-state index contributed by atoms with van der Waals surface area (Å²) in [6.07, 6.45) is 0. The molecule has 26 heavy (non-hydrogen) atoms. The third kappa shape index (κ3) is 2.63. The van der Waals surface area contributed by atoms with Crippen molar-refractivity contribution >= 4 is 34.3 Å². The fourth-order valence-corrected chi connectivity index (χ4v) is 3.55. The Hall–Kier alpha value is -2.85. The number of fused-ring (bicyclic) bond motifs is 1. The molecule has 0 radical (unpaired) electrons. The van der Waals surface area contributed by atoms with Gasteiger partial charge in [-0.05, 0) is 41.0 Å². The molecule has 5 heteroatoms. The Bertz CT molecular complexity index is 1010. The molecule has 0 bridgehead atoms. The minimum Gasteiger partial charge on any atom is -0.319 e. The summed E-state index contributed by atoms with van der Waals surface area (Å²) in [5.74, 6) is -0.266. The molecule has 1 saturated heterocycles. The highest BCUT2D eigenvalue weighted by Gasteiger charge is 2.48. The topological polar surface area (TPSA) is 49.4 Å². The molecule has 3 aromatic rings. The summed E-state index contributed by atoms with van der Waals surface area (Å²) in [7, 11) is 0. The van der Waals surface area contributed by atoms with E-state index in [-0.39, 0.29) is 18.5 Å². The number of rotatable bonds is 3. The van der Waals surface area contributed by atoms with Crippen molar-refractivity contribution in [2.24, 2.45) is 0 Å². The zero-order valence-electron chi connectivity index (χ0n) is 14.2. The van der Waals surface area contributed by atoms with Crippen LogP contribution in [0, 0.1) is 0 Å². The molecule has 0 saturated carbocycles. The van der Waals surface area contributed by atoms with Gasteiger partial charge in [0.25, 0.3) is 5.91 Å². The van der Waals surface area contributed by atoms with Crippen molar-refractivity contribution in [2.45, 2.75) is 19.0 Å². The monoisotopic (exact) mass is 364 g/mol. The lowest BCUT2D eigenvalue weighted by Gasteiger charge is -2.22. The maximum atomic E-state index is 13.1. The highest BCUT2D eigenvalue weighted by atomic mass is 35.5. The molecule has 4 nitrogen and oxygen atoms in total. The first-order valence-electron chi connectivity index (χ1n) is 8.36. The number of amides is 3.